The van der Waals surface area contributed by atoms with E-state index in [-0.39, 0.29) is 0 Å². The molecule has 1 aromatic rings. The molecule has 12 heavy (non-hydrogen) atoms. The highest BCUT2D eigenvalue weighted by Crippen LogP contribution is 2.03. The second kappa shape index (κ2) is 5.90. The molecule has 1 rings (SSSR count). The van der Waals surface area contributed by atoms with Crippen molar-refractivity contribution < 1.29 is 2.74 Å². The fourth-order valence-electron chi connectivity index (χ4n) is 0.920. The normalized spacial score (nSPS) is 13.4. The van der Waals surface area contributed by atoms with Crippen LogP contribution in [0.5, 0.6) is 0 Å². The maximum Gasteiger partial charge on any atom is 0.0344 e. The highest BCUT2D eigenvalue weighted by molar-refractivity contribution is 7.98. The topological polar surface area (TPSA) is 0 Å². The largest absolute Gasteiger partial charge is 0.165 e. The lowest BCUT2D eigenvalue weighted by atomic mass is 10.2. The Labute approximate surface area is 81.5 Å². The molecule has 0 N–H and O–H groups in total. The molecule has 0 aromatic heterocycles. The molecule has 0 heterocycles. The molecule has 0 fully saturated rings. The minimum absolute atomic E-state index is 0.750. The van der Waals surface area contributed by atoms with E-state index in [9.17, 15) is 0 Å². The van der Waals surface area contributed by atoms with Gasteiger partial charge in [-0.3, -0.25) is 0 Å². The van der Waals surface area contributed by atoms with E-state index < -0.39 is 6.21 Å². The van der Waals surface area contributed by atoms with Crippen molar-refractivity contribution in [2.45, 2.75) is 6.42 Å². The Bertz CT molecular complexity index is 270. The van der Waals surface area contributed by atoms with Crippen LogP contribution >= 0.6 is 11.8 Å². The van der Waals surface area contributed by atoms with Gasteiger partial charge in [0.15, 0.2) is 0 Å². The fraction of sp³-hybridized carbons (Fsp3) is 0.273. The lowest BCUT2D eigenvalue weighted by Crippen LogP contribution is -1.72. The number of rotatable bonds is 4. The van der Waals surface area contributed by atoms with Crippen molar-refractivity contribution in [2.24, 2.45) is 0 Å². The molecule has 0 aliphatic carbocycles. The summed E-state index contributed by atoms with van der Waals surface area (Å²) in [5.41, 5.74) is 1.20. The maximum atomic E-state index is 6.98. The summed E-state index contributed by atoms with van der Waals surface area (Å²) in [4.78, 5) is 0. The van der Waals surface area contributed by atoms with Crippen LogP contribution in [-0.2, 0) is 0 Å². The van der Waals surface area contributed by atoms with Gasteiger partial charge < -0.3 is 0 Å². The zero-order valence-electron chi connectivity index (χ0n) is 8.94. The van der Waals surface area contributed by atoms with E-state index in [4.69, 9.17) is 2.74 Å². The molecule has 64 valence electrons. The van der Waals surface area contributed by atoms with Crippen molar-refractivity contribution in [3.63, 3.8) is 0 Å². The van der Waals surface area contributed by atoms with Gasteiger partial charge in [0.2, 0.25) is 0 Å². The molecule has 0 aliphatic rings. The summed E-state index contributed by atoms with van der Waals surface area (Å²) in [6.45, 7) is 0. The van der Waals surface area contributed by atoms with Gasteiger partial charge in [-0.15, -0.1) is 0 Å². The first kappa shape index (κ1) is 6.79. The van der Waals surface area contributed by atoms with E-state index in [0.29, 0.717) is 0 Å². The van der Waals surface area contributed by atoms with E-state index >= 15 is 0 Å². The Morgan fingerprint density at radius 1 is 1.42 bits per heavy atom. The van der Waals surface area contributed by atoms with Crippen LogP contribution < -0.4 is 0 Å². The van der Waals surface area contributed by atoms with Gasteiger partial charge in [0.05, 0.1) is 0 Å². The maximum absolute atomic E-state index is 6.98. The van der Waals surface area contributed by atoms with Crippen LogP contribution in [0.15, 0.2) is 36.4 Å². The first-order valence-electron chi connectivity index (χ1n) is 5.12. The van der Waals surface area contributed by atoms with E-state index in [2.05, 4.69) is 24.3 Å². The summed E-state index contributed by atoms with van der Waals surface area (Å²) in [6.07, 6.45) is 4.34. The lowest BCUT2D eigenvalue weighted by molar-refractivity contribution is 1.26. The van der Waals surface area contributed by atoms with Crippen molar-refractivity contribution >= 4 is 17.8 Å². The minimum atomic E-state index is -0.750. The Kier molecular flexibility index (Phi) is 3.33. The molecule has 0 spiro atoms. The van der Waals surface area contributed by atoms with Crippen molar-refractivity contribution in [3.05, 3.63) is 42.0 Å². The number of thioether (sulfide) groups is 1. The van der Waals surface area contributed by atoms with Gasteiger partial charge in [0.1, 0.15) is 0 Å². The summed E-state index contributed by atoms with van der Waals surface area (Å²) in [7, 11) is 0. The monoisotopic (exact) mass is 180 g/mol. The summed E-state index contributed by atoms with van der Waals surface area (Å²) < 4.78 is 14.0. The molecule has 0 aliphatic heterocycles. The van der Waals surface area contributed by atoms with E-state index in [1.54, 1.807) is 0 Å². The van der Waals surface area contributed by atoms with Crippen LogP contribution in [0.3, 0.4) is 0 Å². The van der Waals surface area contributed by atoms with Crippen molar-refractivity contribution in [1.82, 2.24) is 0 Å². The molecule has 0 saturated carbocycles. The summed E-state index contributed by atoms with van der Waals surface area (Å²) in [5.74, 6) is 0.848. The van der Waals surface area contributed by atoms with Crippen LogP contribution in [0.1, 0.15) is 14.7 Å². The molecule has 0 saturated heterocycles. The number of allylic oxidation sites excluding steroid dienone is 1. The zero-order valence-corrected chi connectivity index (χ0v) is 7.76. The second-order valence-electron chi connectivity index (χ2n) is 2.47. The average molecular weight is 180 g/mol. The predicted octanol–water partition coefficient (Wildman–Crippen LogP) is 3.45. The SMILES string of the molecule is [2H]C([2H])SCC/C=C/c1ccccc1. The van der Waals surface area contributed by atoms with Crippen molar-refractivity contribution in [2.75, 3.05) is 12.0 Å². The Balaban J connectivity index is 2.21. The second-order valence-corrected chi connectivity index (χ2v) is 3.21. The standard InChI is InChI=1S/C11H14S/c1-12-10-6-5-9-11-7-3-2-4-8-11/h2-5,7-9H,6,10H2,1H3/b9-5+/i1D2. The fourth-order valence-corrected chi connectivity index (χ4v) is 1.19. The highest BCUT2D eigenvalue weighted by atomic mass is 32.2. The van der Waals surface area contributed by atoms with Crippen molar-refractivity contribution in [3.8, 4) is 0 Å². The molecule has 0 unspecified atom stereocenters. The predicted molar refractivity (Wildman–Crippen MR) is 58.5 cm³/mol. The van der Waals surface area contributed by atoms with Gasteiger partial charge in [0, 0.05) is 2.74 Å². The van der Waals surface area contributed by atoms with Crippen molar-refractivity contribution in [1.29, 1.82) is 0 Å². The molecule has 0 nitrogen and oxygen atoms in total. The molecular weight excluding hydrogens is 164 g/mol. The minimum Gasteiger partial charge on any atom is -0.165 e. The third kappa shape index (κ3) is 3.63. The number of hydrogen-bond acceptors (Lipinski definition) is 1. The van der Waals surface area contributed by atoms with E-state index in [1.807, 2.05) is 18.2 Å². The molecule has 0 radical (unpaired) electrons. The number of hydrogen-bond donors (Lipinski definition) is 0. The first-order chi connectivity index (χ1) is 6.79. The van der Waals surface area contributed by atoms with Gasteiger partial charge in [-0.1, -0.05) is 42.5 Å². The summed E-state index contributed by atoms with van der Waals surface area (Å²) in [5, 5.41) is 0. The zero-order chi connectivity index (χ0) is 10.2. The highest BCUT2D eigenvalue weighted by Gasteiger charge is 1.82. The Morgan fingerprint density at radius 3 is 3.00 bits per heavy atom. The van der Waals surface area contributed by atoms with Crippen LogP contribution in [-0.4, -0.2) is 12.0 Å². The van der Waals surface area contributed by atoms with Crippen LogP contribution in [0.4, 0.5) is 0 Å². The van der Waals surface area contributed by atoms with Gasteiger partial charge in [-0.2, -0.15) is 11.8 Å². The van der Waals surface area contributed by atoms with Crippen LogP contribution in [0, 0.1) is 0 Å². The molecule has 1 aromatic carbocycles. The summed E-state index contributed by atoms with van der Waals surface area (Å²) >= 11 is 1.35. The van der Waals surface area contributed by atoms with Gasteiger partial charge >= 0.3 is 0 Å². The van der Waals surface area contributed by atoms with E-state index in [1.165, 1.54) is 17.3 Å². The average Bonchev–Trinajstić information content (AvgIpc) is 2.18. The van der Waals surface area contributed by atoms with E-state index in [0.717, 1.165) is 12.2 Å². The lowest BCUT2D eigenvalue weighted by Gasteiger charge is -1.91. The van der Waals surface area contributed by atoms with Crippen LogP contribution in [0.2, 0.25) is 0 Å². The molecule has 0 amide bonds. The number of benzene rings is 1. The van der Waals surface area contributed by atoms with Gasteiger partial charge in [-0.05, 0) is 23.9 Å². The van der Waals surface area contributed by atoms with Gasteiger partial charge in [0.25, 0.3) is 0 Å². The quantitative estimate of drug-likeness (QED) is 0.639. The molecular formula is C11H14S. The third-order valence-electron chi connectivity index (χ3n) is 1.51. The van der Waals surface area contributed by atoms with Gasteiger partial charge in [-0.25, -0.2) is 0 Å². The molecule has 0 bridgehead atoms. The Hall–Kier alpha value is -0.690. The van der Waals surface area contributed by atoms with Crippen LogP contribution in [0.25, 0.3) is 6.08 Å². The molecule has 1 heteroatoms. The first-order valence-corrected chi connectivity index (χ1v) is 5.01. The summed E-state index contributed by atoms with van der Waals surface area (Å²) in [6, 6.07) is 10.1. The third-order valence-corrected chi connectivity index (χ3v) is 1.98. The molecule has 0 atom stereocenters. The smallest absolute Gasteiger partial charge is 0.0344 e. The Morgan fingerprint density at radius 2 is 2.25 bits per heavy atom.